The second kappa shape index (κ2) is 3.31. The van der Waals surface area contributed by atoms with Crippen molar-refractivity contribution in [3.05, 3.63) is 34.1 Å². The summed E-state index contributed by atoms with van der Waals surface area (Å²) in [5, 5.41) is 0.945. The van der Waals surface area contributed by atoms with Gasteiger partial charge in [0, 0.05) is 11.5 Å². The van der Waals surface area contributed by atoms with Gasteiger partial charge in [0.25, 0.3) is 0 Å². The number of H-pyrrole nitrogens is 1. The fraction of sp³-hybridized carbons (Fsp3) is 0.182. The third-order valence-corrected chi connectivity index (χ3v) is 2.40. The molecule has 3 N–H and O–H groups in total. The Balaban J connectivity index is 2.87. The first-order valence-electron chi connectivity index (χ1n) is 4.59. The topological polar surface area (TPSA) is 68.1 Å². The van der Waals surface area contributed by atoms with Gasteiger partial charge in [0.1, 0.15) is 5.75 Å². The number of aromatic amines is 1. The van der Waals surface area contributed by atoms with Gasteiger partial charge in [0.15, 0.2) is 0 Å². The number of anilines is 1. The summed E-state index contributed by atoms with van der Waals surface area (Å²) in [7, 11) is 1.57. The third-order valence-electron chi connectivity index (χ3n) is 2.40. The monoisotopic (exact) mass is 204 g/mol. The molecule has 0 bridgehead atoms. The number of ether oxygens (including phenoxy) is 1. The lowest BCUT2D eigenvalue weighted by Gasteiger charge is -2.07. The van der Waals surface area contributed by atoms with Crippen LogP contribution in [-0.4, -0.2) is 12.1 Å². The van der Waals surface area contributed by atoms with E-state index >= 15 is 0 Å². The van der Waals surface area contributed by atoms with Crippen molar-refractivity contribution in [2.24, 2.45) is 0 Å². The number of hydrogen-bond acceptors (Lipinski definition) is 3. The number of nitrogens with one attached hydrogen (secondary N) is 1. The van der Waals surface area contributed by atoms with Gasteiger partial charge in [0.05, 0.1) is 18.3 Å². The van der Waals surface area contributed by atoms with Crippen LogP contribution < -0.4 is 16.0 Å². The molecule has 0 spiro atoms. The van der Waals surface area contributed by atoms with Crippen molar-refractivity contribution in [1.29, 1.82) is 0 Å². The number of aryl methyl sites for hydroxylation is 1. The molecular formula is C11H12N2O2. The van der Waals surface area contributed by atoms with Crippen LogP contribution in [0.15, 0.2) is 23.0 Å². The first-order chi connectivity index (χ1) is 7.11. The van der Waals surface area contributed by atoms with E-state index in [1.165, 1.54) is 0 Å². The lowest BCUT2D eigenvalue weighted by molar-refractivity contribution is 0.417. The number of benzene rings is 1. The van der Waals surface area contributed by atoms with E-state index in [0.717, 1.165) is 16.5 Å². The Bertz CT molecular complexity index is 573. The molecule has 0 saturated carbocycles. The van der Waals surface area contributed by atoms with Crippen LogP contribution in [0.3, 0.4) is 0 Å². The van der Waals surface area contributed by atoms with E-state index in [9.17, 15) is 4.79 Å². The Morgan fingerprint density at radius 3 is 2.73 bits per heavy atom. The third kappa shape index (κ3) is 1.54. The zero-order chi connectivity index (χ0) is 11.0. The summed E-state index contributed by atoms with van der Waals surface area (Å²) >= 11 is 0. The maximum absolute atomic E-state index is 11.2. The van der Waals surface area contributed by atoms with Crippen molar-refractivity contribution in [3.63, 3.8) is 0 Å². The van der Waals surface area contributed by atoms with Crippen LogP contribution in [0.2, 0.25) is 0 Å². The molecule has 0 amide bonds. The largest absolute Gasteiger partial charge is 0.495 e. The molecule has 0 atom stereocenters. The summed E-state index contributed by atoms with van der Waals surface area (Å²) in [6.45, 7) is 1.88. The molecule has 0 saturated heterocycles. The molecule has 78 valence electrons. The average Bonchev–Trinajstić information content (AvgIpc) is 2.16. The van der Waals surface area contributed by atoms with Gasteiger partial charge < -0.3 is 15.5 Å². The molecule has 2 aromatic rings. The SMILES string of the molecule is COc1cc2c(C)cc(=O)[nH]c2cc1N. The van der Waals surface area contributed by atoms with Gasteiger partial charge in [-0.15, -0.1) is 0 Å². The smallest absolute Gasteiger partial charge is 0.248 e. The van der Waals surface area contributed by atoms with E-state index in [-0.39, 0.29) is 5.56 Å². The minimum absolute atomic E-state index is 0.121. The predicted molar refractivity (Wildman–Crippen MR) is 60.3 cm³/mol. The standard InChI is InChI=1S/C11H12N2O2/c1-6-3-11(14)13-9-5-8(12)10(15-2)4-7(6)9/h3-5H,12H2,1-2H3,(H,13,14). The van der Waals surface area contributed by atoms with Gasteiger partial charge in [-0.3, -0.25) is 4.79 Å². The fourth-order valence-corrected chi connectivity index (χ4v) is 1.65. The molecule has 4 heteroatoms. The molecule has 0 fully saturated rings. The van der Waals surface area contributed by atoms with E-state index in [1.807, 2.05) is 13.0 Å². The normalized spacial score (nSPS) is 10.5. The molecule has 0 aliphatic heterocycles. The number of methoxy groups -OCH3 is 1. The second-order valence-electron chi connectivity index (χ2n) is 3.46. The maximum Gasteiger partial charge on any atom is 0.248 e. The van der Waals surface area contributed by atoms with Crippen molar-refractivity contribution in [3.8, 4) is 5.75 Å². The minimum atomic E-state index is -0.121. The molecule has 1 heterocycles. The van der Waals surface area contributed by atoms with E-state index in [1.54, 1.807) is 19.2 Å². The number of fused-ring (bicyclic) bond motifs is 1. The molecule has 1 aromatic carbocycles. The first-order valence-corrected chi connectivity index (χ1v) is 4.59. The van der Waals surface area contributed by atoms with Gasteiger partial charge >= 0.3 is 0 Å². The zero-order valence-corrected chi connectivity index (χ0v) is 8.63. The van der Waals surface area contributed by atoms with Gasteiger partial charge in [-0.25, -0.2) is 0 Å². The molecule has 2 rings (SSSR count). The molecule has 0 aliphatic carbocycles. The van der Waals surface area contributed by atoms with Crippen LogP contribution in [0.25, 0.3) is 10.9 Å². The van der Waals surface area contributed by atoms with Crippen LogP contribution in [0.1, 0.15) is 5.56 Å². The molecule has 0 aliphatic rings. The van der Waals surface area contributed by atoms with Crippen LogP contribution in [0.5, 0.6) is 5.75 Å². The lowest BCUT2D eigenvalue weighted by atomic mass is 10.1. The number of rotatable bonds is 1. The van der Waals surface area contributed by atoms with E-state index < -0.39 is 0 Å². The lowest BCUT2D eigenvalue weighted by Crippen LogP contribution is -2.05. The van der Waals surface area contributed by atoms with E-state index in [2.05, 4.69) is 4.98 Å². The van der Waals surface area contributed by atoms with Crippen LogP contribution in [0, 0.1) is 6.92 Å². The molecule has 0 unspecified atom stereocenters. The summed E-state index contributed by atoms with van der Waals surface area (Å²) < 4.78 is 5.12. The molecule has 1 aromatic heterocycles. The van der Waals surface area contributed by atoms with Gasteiger partial charge in [-0.05, 0) is 24.6 Å². The second-order valence-corrected chi connectivity index (χ2v) is 3.46. The van der Waals surface area contributed by atoms with Crippen LogP contribution in [-0.2, 0) is 0 Å². The van der Waals surface area contributed by atoms with Crippen LogP contribution in [0.4, 0.5) is 5.69 Å². The molecule has 15 heavy (non-hydrogen) atoms. The van der Waals surface area contributed by atoms with Crippen molar-refractivity contribution in [2.75, 3.05) is 12.8 Å². The van der Waals surface area contributed by atoms with Gasteiger partial charge in [0.2, 0.25) is 5.56 Å². The Morgan fingerprint density at radius 2 is 2.07 bits per heavy atom. The first kappa shape index (κ1) is 9.58. The summed E-state index contributed by atoms with van der Waals surface area (Å²) in [5.74, 6) is 0.623. The highest BCUT2D eigenvalue weighted by molar-refractivity contribution is 5.87. The number of aromatic nitrogens is 1. The number of hydrogen-bond donors (Lipinski definition) is 2. The van der Waals surface area contributed by atoms with E-state index in [4.69, 9.17) is 10.5 Å². The Morgan fingerprint density at radius 1 is 1.33 bits per heavy atom. The highest BCUT2D eigenvalue weighted by atomic mass is 16.5. The van der Waals surface area contributed by atoms with Crippen molar-refractivity contribution < 1.29 is 4.74 Å². The van der Waals surface area contributed by atoms with Crippen molar-refractivity contribution in [2.45, 2.75) is 6.92 Å². The minimum Gasteiger partial charge on any atom is -0.495 e. The highest BCUT2D eigenvalue weighted by Gasteiger charge is 2.05. The number of nitrogen functional groups attached to an aromatic ring is 1. The Labute approximate surface area is 86.7 Å². The molecule has 4 nitrogen and oxygen atoms in total. The zero-order valence-electron chi connectivity index (χ0n) is 8.63. The maximum atomic E-state index is 11.2. The predicted octanol–water partition coefficient (Wildman–Crippen LogP) is 1.43. The van der Waals surface area contributed by atoms with Crippen molar-refractivity contribution >= 4 is 16.6 Å². The fourth-order valence-electron chi connectivity index (χ4n) is 1.65. The summed E-state index contributed by atoms with van der Waals surface area (Å²) in [6, 6.07) is 5.09. The molecule has 0 radical (unpaired) electrons. The van der Waals surface area contributed by atoms with E-state index in [0.29, 0.717) is 11.4 Å². The van der Waals surface area contributed by atoms with Crippen LogP contribution >= 0.6 is 0 Å². The summed E-state index contributed by atoms with van der Waals surface area (Å²) in [5.41, 5.74) is 7.79. The molecular weight excluding hydrogens is 192 g/mol. The number of nitrogens with two attached hydrogens (primary N) is 1. The van der Waals surface area contributed by atoms with Gasteiger partial charge in [-0.2, -0.15) is 0 Å². The highest BCUT2D eigenvalue weighted by Crippen LogP contribution is 2.27. The average molecular weight is 204 g/mol. The quantitative estimate of drug-likeness (QED) is 0.690. The number of pyridine rings is 1. The van der Waals surface area contributed by atoms with Crippen molar-refractivity contribution in [1.82, 2.24) is 4.98 Å². The summed E-state index contributed by atoms with van der Waals surface area (Å²) in [4.78, 5) is 14.0. The Kier molecular flexibility index (Phi) is 2.11. The summed E-state index contributed by atoms with van der Waals surface area (Å²) in [6.07, 6.45) is 0. The van der Waals surface area contributed by atoms with Gasteiger partial charge in [-0.1, -0.05) is 0 Å². The Hall–Kier alpha value is -1.97.